The van der Waals surface area contributed by atoms with Crippen molar-refractivity contribution in [2.75, 3.05) is 6.61 Å². The van der Waals surface area contributed by atoms with E-state index in [0.29, 0.717) is 17.9 Å². The molecule has 0 bridgehead atoms. The molecule has 0 saturated carbocycles. The third kappa shape index (κ3) is 5.62. The molecule has 3 aromatic rings. The maximum absolute atomic E-state index is 12.6. The van der Waals surface area contributed by atoms with Gasteiger partial charge in [0.05, 0.1) is 17.9 Å². The lowest BCUT2D eigenvalue weighted by Crippen LogP contribution is -2.23. The zero-order valence-corrected chi connectivity index (χ0v) is 16.4. The van der Waals surface area contributed by atoms with Gasteiger partial charge in [-0.15, -0.1) is 0 Å². The summed E-state index contributed by atoms with van der Waals surface area (Å²) >= 11 is 0. The Hall–Kier alpha value is -3.29. The Labute approximate surface area is 172 Å². The van der Waals surface area contributed by atoms with Gasteiger partial charge in [-0.2, -0.15) is 18.3 Å². The van der Waals surface area contributed by atoms with Crippen LogP contribution in [0.2, 0.25) is 0 Å². The number of aromatic nitrogens is 2. The minimum Gasteiger partial charge on any atom is -0.494 e. The molecular weight excluding hydrogens is 395 g/mol. The number of ether oxygens (including phenoxy) is 1. The highest BCUT2D eigenvalue weighted by Crippen LogP contribution is 2.29. The van der Waals surface area contributed by atoms with Crippen LogP contribution in [-0.4, -0.2) is 22.7 Å². The summed E-state index contributed by atoms with van der Waals surface area (Å²) < 4.78 is 43.4. The number of carbonyl (C=O) groups is 1. The maximum Gasteiger partial charge on any atom is 0.416 e. The van der Waals surface area contributed by atoms with Crippen molar-refractivity contribution in [3.8, 4) is 17.0 Å². The van der Waals surface area contributed by atoms with Crippen molar-refractivity contribution < 1.29 is 22.7 Å². The van der Waals surface area contributed by atoms with Crippen molar-refractivity contribution >= 4 is 5.91 Å². The molecule has 3 rings (SSSR count). The molecule has 0 atom stereocenters. The lowest BCUT2D eigenvalue weighted by atomic mass is 10.1. The summed E-state index contributed by atoms with van der Waals surface area (Å²) in [5, 5.41) is 9.50. The van der Waals surface area contributed by atoms with E-state index < -0.39 is 17.6 Å². The average molecular weight is 417 g/mol. The molecule has 8 heteroatoms. The number of nitrogens with zero attached hydrogens (tertiary/aromatic N) is 1. The van der Waals surface area contributed by atoms with E-state index >= 15 is 0 Å². The topological polar surface area (TPSA) is 67.0 Å². The van der Waals surface area contributed by atoms with Gasteiger partial charge < -0.3 is 10.1 Å². The van der Waals surface area contributed by atoms with Gasteiger partial charge in [-0.3, -0.25) is 9.89 Å². The van der Waals surface area contributed by atoms with Crippen molar-refractivity contribution in [1.29, 1.82) is 0 Å². The van der Waals surface area contributed by atoms with Crippen molar-refractivity contribution in [2.45, 2.75) is 32.5 Å². The van der Waals surface area contributed by atoms with Crippen molar-refractivity contribution in [1.82, 2.24) is 15.5 Å². The Kier molecular flexibility index (Phi) is 6.76. The van der Waals surface area contributed by atoms with Gasteiger partial charge in [-0.1, -0.05) is 25.5 Å². The highest BCUT2D eigenvalue weighted by Gasteiger charge is 2.29. The normalized spacial score (nSPS) is 11.3. The number of halogens is 3. The number of alkyl halides is 3. The van der Waals surface area contributed by atoms with Crippen molar-refractivity contribution in [3.05, 3.63) is 71.4 Å². The summed E-state index contributed by atoms with van der Waals surface area (Å²) in [5.41, 5.74) is 1.54. The van der Waals surface area contributed by atoms with E-state index in [1.807, 2.05) is 24.3 Å². The number of hydrogen-bond donors (Lipinski definition) is 2. The predicted molar refractivity (Wildman–Crippen MR) is 107 cm³/mol. The van der Waals surface area contributed by atoms with Crippen LogP contribution in [0.15, 0.2) is 54.6 Å². The lowest BCUT2D eigenvalue weighted by molar-refractivity contribution is -0.137. The summed E-state index contributed by atoms with van der Waals surface area (Å²) in [6, 6.07) is 13.7. The van der Waals surface area contributed by atoms with E-state index in [4.69, 9.17) is 4.74 Å². The molecule has 2 N–H and O–H groups in total. The van der Waals surface area contributed by atoms with Gasteiger partial charge in [-0.25, -0.2) is 0 Å². The summed E-state index contributed by atoms with van der Waals surface area (Å²) in [6.45, 7) is 2.87. The number of nitrogens with one attached hydrogen (secondary N) is 2. The molecule has 0 fully saturated rings. The van der Waals surface area contributed by atoms with E-state index in [1.54, 1.807) is 6.07 Å². The van der Waals surface area contributed by atoms with Crippen molar-refractivity contribution in [3.63, 3.8) is 0 Å². The number of H-pyrrole nitrogens is 1. The minimum absolute atomic E-state index is 0.106. The number of rotatable bonds is 8. The zero-order chi connectivity index (χ0) is 21.6. The van der Waals surface area contributed by atoms with E-state index in [0.717, 1.165) is 36.3 Å². The van der Waals surface area contributed by atoms with E-state index in [-0.39, 0.29) is 12.2 Å². The molecule has 0 radical (unpaired) electrons. The van der Waals surface area contributed by atoms with Gasteiger partial charge in [0.1, 0.15) is 11.4 Å². The molecule has 1 aromatic heterocycles. The van der Waals surface area contributed by atoms with Gasteiger partial charge in [0.15, 0.2) is 0 Å². The highest BCUT2D eigenvalue weighted by molar-refractivity contribution is 5.93. The fourth-order valence-corrected chi connectivity index (χ4v) is 2.73. The summed E-state index contributed by atoms with van der Waals surface area (Å²) in [6.07, 6.45) is -2.32. The Morgan fingerprint density at radius 2 is 1.80 bits per heavy atom. The van der Waals surface area contributed by atoms with Gasteiger partial charge in [0.2, 0.25) is 0 Å². The monoisotopic (exact) mass is 417 g/mol. The molecule has 1 heterocycles. The Morgan fingerprint density at radius 1 is 1.10 bits per heavy atom. The lowest BCUT2D eigenvalue weighted by Gasteiger charge is -2.08. The fraction of sp³-hybridized carbons (Fsp3) is 0.273. The van der Waals surface area contributed by atoms with Crippen LogP contribution in [0.3, 0.4) is 0 Å². The molecule has 0 aliphatic heterocycles. The molecule has 2 aromatic carbocycles. The number of unbranched alkanes of at least 4 members (excludes halogenated alkanes) is 1. The third-order valence-corrected chi connectivity index (χ3v) is 4.47. The minimum atomic E-state index is -4.38. The van der Waals surface area contributed by atoms with Crippen LogP contribution in [0.1, 0.15) is 41.4 Å². The van der Waals surface area contributed by atoms with Crippen LogP contribution in [-0.2, 0) is 12.7 Å². The van der Waals surface area contributed by atoms with Crippen LogP contribution < -0.4 is 10.1 Å². The van der Waals surface area contributed by atoms with Crippen LogP contribution in [0.5, 0.6) is 5.75 Å². The molecule has 0 aliphatic carbocycles. The Morgan fingerprint density at radius 3 is 2.43 bits per heavy atom. The molecule has 30 heavy (non-hydrogen) atoms. The Bertz CT molecular complexity index is 965. The average Bonchev–Trinajstić information content (AvgIpc) is 3.23. The van der Waals surface area contributed by atoms with Crippen molar-refractivity contribution in [2.24, 2.45) is 0 Å². The van der Waals surface area contributed by atoms with Crippen LogP contribution in [0, 0.1) is 0 Å². The van der Waals surface area contributed by atoms with Gasteiger partial charge >= 0.3 is 6.18 Å². The van der Waals surface area contributed by atoms with Gasteiger partial charge in [0, 0.05) is 12.1 Å². The summed E-state index contributed by atoms with van der Waals surface area (Å²) in [4.78, 5) is 12.3. The van der Waals surface area contributed by atoms with E-state index in [9.17, 15) is 18.0 Å². The maximum atomic E-state index is 12.6. The Balaban J connectivity index is 1.57. The van der Waals surface area contributed by atoms with Crippen LogP contribution >= 0.6 is 0 Å². The first kappa shape index (κ1) is 21.4. The first-order valence-corrected chi connectivity index (χ1v) is 9.60. The highest BCUT2D eigenvalue weighted by atomic mass is 19.4. The second-order valence-electron chi connectivity index (χ2n) is 6.77. The second-order valence-corrected chi connectivity index (χ2v) is 6.77. The summed E-state index contributed by atoms with van der Waals surface area (Å²) in [5.74, 6) is 0.380. The van der Waals surface area contributed by atoms with Gasteiger partial charge in [0.25, 0.3) is 5.91 Å². The number of hydrogen-bond acceptors (Lipinski definition) is 3. The standard InChI is InChI=1S/C22H22F3N3O2/c1-2-3-12-30-18-10-6-16(7-11-18)19-13-20(28-27-19)21(29)26-14-15-4-8-17(9-5-15)22(23,24)25/h4-11,13H,2-3,12,14H2,1H3,(H,26,29)(H,27,28). The number of benzene rings is 2. The third-order valence-electron chi connectivity index (χ3n) is 4.47. The quantitative estimate of drug-likeness (QED) is 0.495. The predicted octanol–water partition coefficient (Wildman–Crippen LogP) is 5.20. The molecule has 1 amide bonds. The van der Waals surface area contributed by atoms with Crippen LogP contribution in [0.25, 0.3) is 11.3 Å². The molecule has 5 nitrogen and oxygen atoms in total. The second kappa shape index (κ2) is 9.47. The molecule has 0 spiro atoms. The zero-order valence-electron chi connectivity index (χ0n) is 16.4. The molecular formula is C22H22F3N3O2. The largest absolute Gasteiger partial charge is 0.494 e. The smallest absolute Gasteiger partial charge is 0.416 e. The van der Waals surface area contributed by atoms with Gasteiger partial charge in [-0.05, 0) is 54.4 Å². The van der Waals surface area contributed by atoms with E-state index in [2.05, 4.69) is 22.4 Å². The number of aromatic amines is 1. The first-order valence-electron chi connectivity index (χ1n) is 9.60. The van der Waals surface area contributed by atoms with E-state index in [1.165, 1.54) is 12.1 Å². The number of carbonyl (C=O) groups excluding carboxylic acids is 1. The SMILES string of the molecule is CCCCOc1ccc(-c2cc(C(=O)NCc3ccc(C(F)(F)F)cc3)[nH]n2)cc1. The molecule has 158 valence electrons. The fourth-order valence-electron chi connectivity index (χ4n) is 2.73. The summed E-state index contributed by atoms with van der Waals surface area (Å²) in [7, 11) is 0. The van der Waals surface area contributed by atoms with Crippen LogP contribution in [0.4, 0.5) is 13.2 Å². The molecule has 0 saturated heterocycles. The first-order chi connectivity index (χ1) is 14.4. The molecule has 0 unspecified atom stereocenters. The number of amides is 1. The molecule has 0 aliphatic rings.